The quantitative estimate of drug-likeness (QED) is 0.653. The number of nitrogens with zero attached hydrogens (tertiary/aromatic N) is 4. The van der Waals surface area contributed by atoms with E-state index in [9.17, 15) is 13.7 Å². The molecule has 1 unspecified atom stereocenters. The molecule has 0 saturated carbocycles. The molecule has 0 bridgehead atoms. The number of likely N-dealkylation sites (N-methyl/N-ethyl adjacent to an activating group) is 1. The molecule has 176 valence electrons. The number of aromatic nitrogens is 2. The second-order valence-electron chi connectivity index (χ2n) is 9.25. The molecule has 8 nitrogen and oxygen atoms in total. The number of hydrogen-bond acceptors (Lipinski definition) is 7. The fourth-order valence-corrected chi connectivity index (χ4v) is 6.24. The van der Waals surface area contributed by atoms with E-state index in [2.05, 4.69) is 10.2 Å². The SMILES string of the molecule is CN1C[C@@H](Nc2nc(N3CCC(N)(c4ccc(F)cc4)CC3)nc3c2[S+]([O-])CC3)CCC1=O. The van der Waals surface area contributed by atoms with Gasteiger partial charge in [0.25, 0.3) is 0 Å². The first-order chi connectivity index (χ1) is 15.8. The number of rotatable bonds is 4. The molecule has 2 fully saturated rings. The van der Waals surface area contributed by atoms with Crippen molar-refractivity contribution in [1.29, 1.82) is 0 Å². The van der Waals surface area contributed by atoms with Crippen LogP contribution in [0.5, 0.6) is 0 Å². The number of carbonyl (C=O) groups excluding carboxylic acids is 1. The minimum atomic E-state index is -1.12. The number of carbonyl (C=O) groups is 1. The van der Waals surface area contributed by atoms with E-state index < -0.39 is 16.7 Å². The number of halogens is 1. The summed E-state index contributed by atoms with van der Waals surface area (Å²) in [5, 5.41) is 3.46. The molecule has 3 aliphatic heterocycles. The summed E-state index contributed by atoms with van der Waals surface area (Å²) in [7, 11) is 1.80. The highest BCUT2D eigenvalue weighted by molar-refractivity contribution is 7.91. The highest BCUT2D eigenvalue weighted by atomic mass is 32.2. The van der Waals surface area contributed by atoms with Crippen molar-refractivity contribution in [2.24, 2.45) is 5.73 Å². The molecule has 1 amide bonds. The lowest BCUT2D eigenvalue weighted by molar-refractivity contribution is -0.132. The van der Waals surface area contributed by atoms with Crippen molar-refractivity contribution in [3.05, 3.63) is 41.3 Å². The second-order valence-corrected chi connectivity index (χ2v) is 10.8. The van der Waals surface area contributed by atoms with Gasteiger partial charge in [-0.2, -0.15) is 4.98 Å². The molecule has 4 heterocycles. The van der Waals surface area contributed by atoms with Crippen LogP contribution in [0.3, 0.4) is 0 Å². The van der Waals surface area contributed by atoms with E-state index in [1.54, 1.807) is 24.1 Å². The van der Waals surface area contributed by atoms with Gasteiger partial charge in [-0.25, -0.2) is 9.37 Å². The van der Waals surface area contributed by atoms with Gasteiger partial charge < -0.3 is 25.4 Å². The highest BCUT2D eigenvalue weighted by Gasteiger charge is 2.37. The summed E-state index contributed by atoms with van der Waals surface area (Å²) in [6, 6.07) is 6.50. The highest BCUT2D eigenvalue weighted by Crippen LogP contribution is 2.36. The molecule has 1 aromatic carbocycles. The Kier molecular flexibility index (Phi) is 5.92. The Bertz CT molecular complexity index is 1040. The number of anilines is 2. The van der Waals surface area contributed by atoms with Crippen LogP contribution in [0, 0.1) is 5.82 Å². The lowest BCUT2D eigenvalue weighted by Crippen LogP contribution is -2.48. The largest absolute Gasteiger partial charge is 0.611 e. The molecule has 3 N–H and O–H groups in total. The van der Waals surface area contributed by atoms with Crippen LogP contribution < -0.4 is 16.0 Å². The van der Waals surface area contributed by atoms with E-state index in [1.165, 1.54) is 12.1 Å². The van der Waals surface area contributed by atoms with E-state index in [-0.39, 0.29) is 17.8 Å². The minimum Gasteiger partial charge on any atom is -0.611 e. The molecule has 10 heteroatoms. The van der Waals surface area contributed by atoms with Gasteiger partial charge in [-0.15, -0.1) is 0 Å². The first-order valence-electron chi connectivity index (χ1n) is 11.4. The smallest absolute Gasteiger partial charge is 0.227 e. The van der Waals surface area contributed by atoms with Crippen LogP contribution in [0.2, 0.25) is 0 Å². The predicted molar refractivity (Wildman–Crippen MR) is 125 cm³/mol. The molecule has 2 saturated heterocycles. The van der Waals surface area contributed by atoms with Crippen molar-refractivity contribution in [3.8, 4) is 0 Å². The van der Waals surface area contributed by atoms with E-state index in [0.717, 1.165) is 17.7 Å². The first-order valence-corrected chi connectivity index (χ1v) is 12.7. The van der Waals surface area contributed by atoms with E-state index in [0.29, 0.717) is 67.7 Å². The van der Waals surface area contributed by atoms with Gasteiger partial charge in [0, 0.05) is 51.1 Å². The van der Waals surface area contributed by atoms with Gasteiger partial charge in [-0.05, 0) is 48.1 Å². The Morgan fingerprint density at radius 3 is 2.64 bits per heavy atom. The number of likely N-dealkylation sites (tertiary alicyclic amines) is 1. The average molecular weight is 473 g/mol. The summed E-state index contributed by atoms with van der Waals surface area (Å²) in [6.07, 6.45) is 3.28. The molecule has 33 heavy (non-hydrogen) atoms. The van der Waals surface area contributed by atoms with Crippen LogP contribution in [-0.4, -0.2) is 63.8 Å². The number of fused-ring (bicyclic) bond motifs is 1. The van der Waals surface area contributed by atoms with Crippen LogP contribution in [0.15, 0.2) is 29.2 Å². The van der Waals surface area contributed by atoms with Crippen molar-refractivity contribution < 1.29 is 13.7 Å². The summed E-state index contributed by atoms with van der Waals surface area (Å²) in [5.41, 5.74) is 7.95. The zero-order valence-electron chi connectivity index (χ0n) is 18.7. The Balaban J connectivity index is 1.35. The summed E-state index contributed by atoms with van der Waals surface area (Å²) in [5.74, 6) is 1.68. The molecule has 2 atom stereocenters. The van der Waals surface area contributed by atoms with Crippen molar-refractivity contribution >= 4 is 28.8 Å². The normalized spacial score (nSPS) is 24.7. The number of aryl methyl sites for hydroxylation is 1. The van der Waals surface area contributed by atoms with E-state index >= 15 is 0 Å². The van der Waals surface area contributed by atoms with Gasteiger partial charge in [0.1, 0.15) is 17.3 Å². The molecular weight excluding hydrogens is 443 g/mol. The molecule has 0 aliphatic carbocycles. The molecule has 5 rings (SSSR count). The van der Waals surface area contributed by atoms with Crippen LogP contribution in [-0.2, 0) is 27.9 Å². The zero-order valence-corrected chi connectivity index (χ0v) is 19.5. The maximum absolute atomic E-state index is 13.3. The lowest BCUT2D eigenvalue weighted by Gasteiger charge is -2.39. The van der Waals surface area contributed by atoms with Crippen LogP contribution >= 0.6 is 0 Å². The Hall–Kier alpha value is -2.43. The maximum Gasteiger partial charge on any atom is 0.227 e. The lowest BCUT2D eigenvalue weighted by atomic mass is 9.82. The molecule has 0 spiro atoms. The average Bonchev–Trinajstić information content (AvgIpc) is 3.18. The van der Waals surface area contributed by atoms with Gasteiger partial charge in [-0.3, -0.25) is 4.79 Å². The number of piperidine rings is 2. The van der Waals surface area contributed by atoms with Gasteiger partial charge in [0.05, 0.1) is 0 Å². The van der Waals surface area contributed by atoms with E-state index in [1.807, 2.05) is 0 Å². The fourth-order valence-electron chi connectivity index (χ4n) is 4.92. The number of nitrogens with one attached hydrogen (secondary N) is 1. The summed E-state index contributed by atoms with van der Waals surface area (Å²) >= 11 is -1.12. The number of benzene rings is 1. The standard InChI is InChI=1S/C23H29FN6O2S/c1-29-14-17(6-7-19(29)31)26-21-20-18(8-13-33(20)32)27-22(28-21)30-11-9-23(25,10-12-30)15-2-4-16(24)5-3-15/h2-5,17H,6-14,25H2,1H3,(H,26,27,28)/t17-,33?/m0/s1. The molecule has 1 aromatic heterocycles. The van der Waals surface area contributed by atoms with Crippen LogP contribution in [0.1, 0.15) is 36.9 Å². The Morgan fingerprint density at radius 1 is 1.21 bits per heavy atom. The molecule has 2 aromatic rings. The summed E-state index contributed by atoms with van der Waals surface area (Å²) in [4.78, 5) is 26.0. The van der Waals surface area contributed by atoms with Crippen LogP contribution in [0.25, 0.3) is 0 Å². The second kappa shape index (κ2) is 8.73. The summed E-state index contributed by atoms with van der Waals surface area (Å²) < 4.78 is 26.0. The van der Waals surface area contributed by atoms with Gasteiger partial charge in [0.2, 0.25) is 16.8 Å². The third-order valence-electron chi connectivity index (χ3n) is 7.00. The van der Waals surface area contributed by atoms with Crippen LogP contribution in [0.4, 0.5) is 16.2 Å². The first kappa shape index (κ1) is 22.4. The molecular formula is C23H29FN6O2S. The Morgan fingerprint density at radius 2 is 1.94 bits per heavy atom. The van der Waals surface area contributed by atoms with Crippen molar-refractivity contribution in [3.63, 3.8) is 0 Å². The predicted octanol–water partition coefficient (Wildman–Crippen LogP) is 1.77. The molecule has 3 aliphatic rings. The fraction of sp³-hybridized carbons (Fsp3) is 0.522. The number of amides is 1. The monoisotopic (exact) mass is 472 g/mol. The van der Waals surface area contributed by atoms with Gasteiger partial charge >= 0.3 is 0 Å². The van der Waals surface area contributed by atoms with Gasteiger partial charge in [-0.1, -0.05) is 12.1 Å². The number of hydrogen-bond donors (Lipinski definition) is 2. The third-order valence-corrected chi connectivity index (χ3v) is 8.46. The topological polar surface area (TPSA) is 110 Å². The minimum absolute atomic E-state index is 0.0636. The van der Waals surface area contributed by atoms with Crippen molar-refractivity contribution in [2.75, 3.05) is 42.7 Å². The Labute approximate surface area is 195 Å². The van der Waals surface area contributed by atoms with Gasteiger partial charge in [0.15, 0.2) is 5.82 Å². The van der Waals surface area contributed by atoms with E-state index in [4.69, 9.17) is 15.7 Å². The summed E-state index contributed by atoms with van der Waals surface area (Å²) in [6.45, 7) is 1.95. The number of nitrogens with two attached hydrogens (primary N) is 1. The maximum atomic E-state index is 13.3. The molecule has 0 radical (unpaired) electrons. The van der Waals surface area contributed by atoms with Crippen molar-refractivity contribution in [1.82, 2.24) is 14.9 Å². The third kappa shape index (κ3) is 4.39. The van der Waals surface area contributed by atoms with Crippen molar-refractivity contribution in [2.45, 2.75) is 48.6 Å². The zero-order chi connectivity index (χ0) is 23.2.